The van der Waals surface area contributed by atoms with E-state index in [0.717, 1.165) is 14.0 Å². The van der Waals surface area contributed by atoms with Gasteiger partial charge in [-0.2, -0.15) is 13.2 Å². The Morgan fingerprint density at radius 1 is 1.07 bits per heavy atom. The number of hydrogen-bond acceptors (Lipinski definition) is 4. The molecule has 0 aliphatic carbocycles. The molecule has 29 heavy (non-hydrogen) atoms. The summed E-state index contributed by atoms with van der Waals surface area (Å²) >= 11 is 5.85. The SMILES string of the molecule is COC(=O)[C@H]1N[C@@H](c2ccccc2)[C@H](C(=O)c2ccc(Cl)cc2)[C@@]1(C)C(F)(F)F. The van der Waals surface area contributed by atoms with Gasteiger partial charge in [0.2, 0.25) is 0 Å². The lowest BCUT2D eigenvalue weighted by molar-refractivity contribution is -0.232. The average Bonchev–Trinajstić information content (AvgIpc) is 3.02. The Hall–Kier alpha value is -2.38. The van der Waals surface area contributed by atoms with Crippen LogP contribution >= 0.6 is 11.6 Å². The summed E-state index contributed by atoms with van der Waals surface area (Å²) in [6, 6.07) is 11.2. The maximum absolute atomic E-state index is 14.3. The molecule has 1 N–H and O–H groups in total. The molecule has 1 saturated heterocycles. The smallest absolute Gasteiger partial charge is 0.397 e. The average molecular weight is 426 g/mol. The lowest BCUT2D eigenvalue weighted by Crippen LogP contribution is -2.53. The number of carbonyl (C=O) groups excluding carboxylic acids is 2. The highest BCUT2D eigenvalue weighted by Gasteiger charge is 2.70. The van der Waals surface area contributed by atoms with E-state index >= 15 is 0 Å². The van der Waals surface area contributed by atoms with Crippen molar-refractivity contribution in [1.29, 1.82) is 0 Å². The molecule has 2 aromatic carbocycles. The number of halogens is 4. The van der Waals surface area contributed by atoms with Crippen molar-refractivity contribution in [3.63, 3.8) is 0 Å². The van der Waals surface area contributed by atoms with Crippen LogP contribution in [0.5, 0.6) is 0 Å². The molecule has 1 heterocycles. The van der Waals surface area contributed by atoms with Gasteiger partial charge in [-0.05, 0) is 36.8 Å². The second-order valence-corrected chi connectivity index (χ2v) is 7.58. The van der Waals surface area contributed by atoms with Gasteiger partial charge in [-0.3, -0.25) is 14.9 Å². The van der Waals surface area contributed by atoms with Crippen LogP contribution in [-0.4, -0.2) is 31.1 Å². The molecule has 0 radical (unpaired) electrons. The second kappa shape index (κ2) is 7.80. The summed E-state index contributed by atoms with van der Waals surface area (Å²) in [7, 11) is 1.02. The van der Waals surface area contributed by atoms with E-state index in [0.29, 0.717) is 10.6 Å². The molecule has 8 heteroatoms. The van der Waals surface area contributed by atoms with E-state index < -0.39 is 41.3 Å². The molecule has 0 saturated carbocycles. The van der Waals surface area contributed by atoms with Gasteiger partial charge >= 0.3 is 12.1 Å². The van der Waals surface area contributed by atoms with Gasteiger partial charge in [-0.25, -0.2) is 0 Å². The van der Waals surface area contributed by atoms with Crippen molar-refractivity contribution < 1.29 is 27.5 Å². The van der Waals surface area contributed by atoms with E-state index in [2.05, 4.69) is 10.1 Å². The quantitative estimate of drug-likeness (QED) is 0.575. The Morgan fingerprint density at radius 3 is 2.17 bits per heavy atom. The molecule has 154 valence electrons. The summed E-state index contributed by atoms with van der Waals surface area (Å²) < 4.78 is 47.7. The molecular formula is C21H19ClF3NO3. The van der Waals surface area contributed by atoms with Gasteiger partial charge in [0, 0.05) is 16.6 Å². The fraction of sp³-hybridized carbons (Fsp3) is 0.333. The minimum absolute atomic E-state index is 0.0862. The highest BCUT2D eigenvalue weighted by Crippen LogP contribution is 2.56. The third kappa shape index (κ3) is 3.65. The van der Waals surface area contributed by atoms with Crippen LogP contribution in [0.2, 0.25) is 5.02 Å². The second-order valence-electron chi connectivity index (χ2n) is 7.14. The molecule has 3 rings (SSSR count). The Labute approximate surface area is 171 Å². The molecular weight excluding hydrogens is 407 g/mol. The van der Waals surface area contributed by atoms with Crippen molar-refractivity contribution in [3.05, 3.63) is 70.7 Å². The lowest BCUT2D eigenvalue weighted by Gasteiger charge is -2.36. The first-order valence-electron chi connectivity index (χ1n) is 8.86. The Bertz CT molecular complexity index is 902. The van der Waals surface area contributed by atoms with E-state index in [1.54, 1.807) is 30.3 Å². The maximum Gasteiger partial charge on any atom is 0.397 e. The number of ketones is 1. The molecule has 0 bridgehead atoms. The number of carbonyl (C=O) groups is 2. The molecule has 1 fully saturated rings. The normalized spacial score (nSPS) is 26.9. The van der Waals surface area contributed by atoms with E-state index in [4.69, 9.17) is 11.6 Å². The number of ether oxygens (including phenoxy) is 1. The summed E-state index contributed by atoms with van der Waals surface area (Å²) in [5, 5.41) is 3.08. The highest BCUT2D eigenvalue weighted by atomic mass is 35.5. The van der Waals surface area contributed by atoms with Crippen LogP contribution < -0.4 is 5.32 Å². The zero-order valence-electron chi connectivity index (χ0n) is 15.7. The Morgan fingerprint density at radius 2 is 1.66 bits per heavy atom. The van der Waals surface area contributed by atoms with Gasteiger partial charge in [-0.15, -0.1) is 0 Å². The first-order valence-corrected chi connectivity index (χ1v) is 9.24. The van der Waals surface area contributed by atoms with E-state index in [1.807, 2.05) is 0 Å². The maximum atomic E-state index is 14.3. The molecule has 1 aliphatic heterocycles. The summed E-state index contributed by atoms with van der Waals surface area (Å²) in [5.74, 6) is -3.39. The fourth-order valence-corrected chi connectivity index (χ4v) is 4.04. The zero-order chi connectivity index (χ0) is 21.4. The number of nitrogens with one attached hydrogen (secondary N) is 1. The molecule has 0 spiro atoms. The summed E-state index contributed by atoms with van der Waals surface area (Å²) in [5.41, 5.74) is -2.12. The van der Waals surface area contributed by atoms with Gasteiger partial charge in [-0.1, -0.05) is 41.9 Å². The van der Waals surface area contributed by atoms with Crippen LogP contribution in [0.15, 0.2) is 54.6 Å². The van der Waals surface area contributed by atoms with Crippen LogP contribution in [0.3, 0.4) is 0 Å². The van der Waals surface area contributed by atoms with Crippen LogP contribution in [0.1, 0.15) is 28.9 Å². The van der Waals surface area contributed by atoms with Crippen molar-refractivity contribution in [3.8, 4) is 0 Å². The van der Waals surface area contributed by atoms with Crippen molar-refractivity contribution in [2.45, 2.75) is 25.2 Å². The van der Waals surface area contributed by atoms with Gasteiger partial charge in [0.05, 0.1) is 13.0 Å². The number of esters is 1. The van der Waals surface area contributed by atoms with Gasteiger partial charge in [0.15, 0.2) is 5.78 Å². The first-order chi connectivity index (χ1) is 13.6. The van der Waals surface area contributed by atoms with Crippen LogP contribution in [0, 0.1) is 11.3 Å². The minimum atomic E-state index is -4.85. The number of Topliss-reactive ketones (excluding diaryl/α,β-unsaturated/α-hetero) is 1. The number of alkyl halides is 3. The van der Waals surface area contributed by atoms with Crippen LogP contribution in [-0.2, 0) is 9.53 Å². The summed E-state index contributed by atoms with van der Waals surface area (Å²) in [6.07, 6.45) is -4.85. The summed E-state index contributed by atoms with van der Waals surface area (Å²) in [4.78, 5) is 25.6. The van der Waals surface area contributed by atoms with Crippen molar-refractivity contribution in [1.82, 2.24) is 5.32 Å². The van der Waals surface area contributed by atoms with Crippen LogP contribution in [0.25, 0.3) is 0 Å². The number of hydrogen-bond donors (Lipinski definition) is 1. The molecule has 2 aromatic rings. The van der Waals surface area contributed by atoms with Crippen molar-refractivity contribution in [2.75, 3.05) is 7.11 Å². The Balaban J connectivity index is 2.19. The fourth-order valence-electron chi connectivity index (χ4n) is 3.91. The largest absolute Gasteiger partial charge is 0.468 e. The monoisotopic (exact) mass is 425 g/mol. The van der Waals surface area contributed by atoms with Gasteiger partial charge in [0.25, 0.3) is 0 Å². The predicted octanol–water partition coefficient (Wildman–Crippen LogP) is 4.59. The minimum Gasteiger partial charge on any atom is -0.468 e. The predicted molar refractivity (Wildman–Crippen MR) is 102 cm³/mol. The van der Waals surface area contributed by atoms with Crippen molar-refractivity contribution >= 4 is 23.4 Å². The molecule has 1 aliphatic rings. The number of rotatable bonds is 4. The number of methoxy groups -OCH3 is 1. The highest BCUT2D eigenvalue weighted by molar-refractivity contribution is 6.30. The third-order valence-corrected chi connectivity index (χ3v) is 5.79. The topological polar surface area (TPSA) is 55.4 Å². The Kier molecular flexibility index (Phi) is 5.74. The number of benzene rings is 2. The molecule has 0 amide bonds. The van der Waals surface area contributed by atoms with E-state index in [9.17, 15) is 22.8 Å². The zero-order valence-corrected chi connectivity index (χ0v) is 16.4. The molecule has 0 unspecified atom stereocenters. The lowest BCUT2D eigenvalue weighted by atomic mass is 9.68. The van der Waals surface area contributed by atoms with Crippen molar-refractivity contribution in [2.24, 2.45) is 11.3 Å². The van der Waals surface area contributed by atoms with Crippen LogP contribution in [0.4, 0.5) is 13.2 Å². The first kappa shape index (κ1) is 21.3. The van der Waals surface area contributed by atoms with E-state index in [1.165, 1.54) is 24.3 Å². The molecule has 0 aromatic heterocycles. The van der Waals surface area contributed by atoms with E-state index in [-0.39, 0.29) is 5.56 Å². The summed E-state index contributed by atoms with van der Waals surface area (Å²) in [6.45, 7) is 0.892. The molecule has 4 nitrogen and oxygen atoms in total. The third-order valence-electron chi connectivity index (χ3n) is 5.54. The van der Waals surface area contributed by atoms with Gasteiger partial charge in [0.1, 0.15) is 11.5 Å². The van der Waals surface area contributed by atoms with Gasteiger partial charge < -0.3 is 4.74 Å². The molecule has 4 atom stereocenters. The standard InChI is InChI=1S/C21H19ClF3NO3/c1-20(21(23,24)25)15(17(27)13-8-10-14(22)11-9-13)16(12-6-4-3-5-7-12)26-18(20)19(28)29-2/h3-11,15-16,18,26H,1-2H3/t15-,16+,18-,20-/m1/s1.